The molecule has 1 fully saturated rings. The smallest absolute Gasteiger partial charge is 0.413 e. The van der Waals surface area contributed by atoms with E-state index in [1.54, 1.807) is 32.2 Å². The third-order valence-corrected chi connectivity index (χ3v) is 7.33. The van der Waals surface area contributed by atoms with Crippen LogP contribution >= 0.6 is 0 Å². The number of amides is 1. The normalized spacial score (nSPS) is 14.6. The molecule has 2 heterocycles. The number of hydrogen-bond acceptors (Lipinski definition) is 8. The number of para-hydroxylation sites is 1. The van der Waals surface area contributed by atoms with E-state index in [1.807, 2.05) is 48.5 Å². The summed E-state index contributed by atoms with van der Waals surface area (Å²) in [6, 6.07) is 20.7. The van der Waals surface area contributed by atoms with Crippen molar-refractivity contribution in [2.45, 2.75) is 31.4 Å². The molecular formula is C30H26N4O6. The zero-order valence-electron chi connectivity index (χ0n) is 21.8. The number of carbonyl (C=O) groups is 2. The minimum Gasteiger partial charge on any atom is -0.481 e. The van der Waals surface area contributed by atoms with E-state index < -0.39 is 23.7 Å². The predicted molar refractivity (Wildman–Crippen MR) is 147 cm³/mol. The lowest BCUT2D eigenvalue weighted by molar-refractivity contribution is -0.140. The van der Waals surface area contributed by atoms with Gasteiger partial charge in [0.25, 0.3) is 0 Å². The van der Waals surface area contributed by atoms with Crippen LogP contribution in [0.25, 0.3) is 33.6 Å². The summed E-state index contributed by atoms with van der Waals surface area (Å²) < 4.78 is 16.6. The number of aromatic nitrogens is 2. The molecule has 1 aliphatic rings. The van der Waals surface area contributed by atoms with Gasteiger partial charge in [-0.2, -0.15) is 0 Å². The van der Waals surface area contributed by atoms with Crippen molar-refractivity contribution in [2.75, 3.05) is 12.4 Å². The molecule has 202 valence electrons. The van der Waals surface area contributed by atoms with Crippen LogP contribution in [0, 0.1) is 6.92 Å². The molecule has 3 N–H and O–H groups in total. The first kappa shape index (κ1) is 25.3. The van der Waals surface area contributed by atoms with Gasteiger partial charge in [0.05, 0.1) is 5.41 Å². The molecule has 2 aromatic heterocycles. The first-order valence-corrected chi connectivity index (χ1v) is 12.8. The Morgan fingerprint density at radius 1 is 1.00 bits per heavy atom. The van der Waals surface area contributed by atoms with E-state index in [0.717, 1.165) is 22.3 Å². The molecule has 1 saturated carbocycles. The van der Waals surface area contributed by atoms with E-state index in [2.05, 4.69) is 20.8 Å². The number of anilines is 1. The lowest BCUT2D eigenvalue weighted by Crippen LogP contribution is -2.26. The number of carboxylic acids is 1. The van der Waals surface area contributed by atoms with Crippen molar-refractivity contribution < 1.29 is 28.4 Å². The molecule has 0 saturated heterocycles. The number of hydrogen-bond donors (Lipinski definition) is 3. The standard InChI is InChI=1S/C30H26N4O6/c1-17-24(33-29(37)39-27(31-2)22-4-3-5-23-25(22)32-16-38-23)26(40-34-17)20-8-6-18(7-9-20)19-10-12-21(13-11-19)30(14-15-30)28(35)36/h3-13,16,27,31H,14-15H2,1-2H3,(H,33,37)(H,35,36). The zero-order chi connectivity index (χ0) is 27.9. The van der Waals surface area contributed by atoms with Crippen LogP contribution in [0.15, 0.2) is 82.1 Å². The number of nitrogens with one attached hydrogen (secondary N) is 2. The fraction of sp³-hybridized carbons (Fsp3) is 0.200. The second-order valence-electron chi connectivity index (χ2n) is 9.76. The number of oxazole rings is 1. The maximum atomic E-state index is 12.9. The highest BCUT2D eigenvalue weighted by atomic mass is 16.6. The first-order chi connectivity index (χ1) is 19.4. The van der Waals surface area contributed by atoms with Gasteiger partial charge in [-0.3, -0.25) is 15.4 Å². The van der Waals surface area contributed by atoms with Gasteiger partial charge < -0.3 is 18.8 Å². The molecule has 1 amide bonds. The van der Waals surface area contributed by atoms with Crippen LogP contribution < -0.4 is 10.6 Å². The SMILES string of the molecule is CNC(OC(=O)Nc1c(C)noc1-c1ccc(-c2ccc(C3(C(=O)O)CC3)cc2)cc1)c1cccc2ocnc12. The van der Waals surface area contributed by atoms with E-state index >= 15 is 0 Å². The average Bonchev–Trinajstić information content (AvgIpc) is 3.52. The number of fused-ring (bicyclic) bond motifs is 1. The van der Waals surface area contributed by atoms with Gasteiger partial charge in [-0.1, -0.05) is 65.8 Å². The van der Waals surface area contributed by atoms with Crippen molar-refractivity contribution in [1.29, 1.82) is 0 Å². The first-order valence-electron chi connectivity index (χ1n) is 12.8. The molecule has 1 unspecified atom stereocenters. The van der Waals surface area contributed by atoms with Gasteiger partial charge in [-0.15, -0.1) is 0 Å². The summed E-state index contributed by atoms with van der Waals surface area (Å²) in [5.74, 6) is -0.373. The van der Waals surface area contributed by atoms with Gasteiger partial charge in [0.2, 0.25) is 0 Å². The molecule has 10 heteroatoms. The van der Waals surface area contributed by atoms with Crippen molar-refractivity contribution in [2.24, 2.45) is 0 Å². The number of aliphatic carboxylic acids is 1. The van der Waals surface area contributed by atoms with Crippen LogP contribution in [-0.4, -0.2) is 34.4 Å². The van der Waals surface area contributed by atoms with Gasteiger partial charge >= 0.3 is 12.1 Å². The monoisotopic (exact) mass is 538 g/mol. The van der Waals surface area contributed by atoms with Gasteiger partial charge in [0.1, 0.15) is 16.9 Å². The van der Waals surface area contributed by atoms with Crippen LogP contribution in [0.3, 0.4) is 0 Å². The third kappa shape index (κ3) is 4.48. The molecule has 0 aliphatic heterocycles. The van der Waals surface area contributed by atoms with E-state index in [4.69, 9.17) is 13.7 Å². The molecule has 3 aromatic carbocycles. The van der Waals surface area contributed by atoms with E-state index in [-0.39, 0.29) is 0 Å². The van der Waals surface area contributed by atoms with Gasteiger partial charge in [-0.25, -0.2) is 9.78 Å². The Kier molecular flexibility index (Phi) is 6.31. The van der Waals surface area contributed by atoms with Crippen molar-refractivity contribution in [3.05, 3.63) is 89.9 Å². The highest BCUT2D eigenvalue weighted by Crippen LogP contribution is 2.48. The molecule has 10 nitrogen and oxygen atoms in total. The number of carboxylic acid groups (broad SMARTS) is 1. The van der Waals surface area contributed by atoms with E-state index in [0.29, 0.717) is 46.6 Å². The quantitative estimate of drug-likeness (QED) is 0.202. The summed E-state index contributed by atoms with van der Waals surface area (Å²) in [6.45, 7) is 1.73. The van der Waals surface area contributed by atoms with Gasteiger partial charge in [0, 0.05) is 11.1 Å². The number of nitrogens with zero attached hydrogens (tertiary/aromatic N) is 2. The molecule has 40 heavy (non-hydrogen) atoms. The van der Waals surface area contributed by atoms with Crippen LogP contribution in [0.2, 0.25) is 0 Å². The lowest BCUT2D eigenvalue weighted by atomic mass is 9.93. The summed E-state index contributed by atoms with van der Waals surface area (Å²) in [5.41, 5.74) is 5.49. The third-order valence-electron chi connectivity index (χ3n) is 7.33. The Morgan fingerprint density at radius 3 is 2.33 bits per heavy atom. The molecule has 6 rings (SSSR count). The summed E-state index contributed by atoms with van der Waals surface area (Å²) >= 11 is 0. The highest BCUT2D eigenvalue weighted by Gasteiger charge is 2.51. The highest BCUT2D eigenvalue weighted by molar-refractivity contribution is 5.91. The van der Waals surface area contributed by atoms with Crippen LogP contribution in [-0.2, 0) is 14.9 Å². The molecular weight excluding hydrogens is 512 g/mol. The zero-order valence-corrected chi connectivity index (χ0v) is 21.8. The number of ether oxygens (including phenoxy) is 1. The average molecular weight is 539 g/mol. The Bertz CT molecular complexity index is 1700. The maximum absolute atomic E-state index is 12.9. The number of aryl methyl sites for hydroxylation is 1. The maximum Gasteiger partial charge on any atom is 0.413 e. The van der Waals surface area contributed by atoms with Crippen LogP contribution in [0.1, 0.15) is 35.9 Å². The van der Waals surface area contributed by atoms with Crippen molar-refractivity contribution in [1.82, 2.24) is 15.5 Å². The summed E-state index contributed by atoms with van der Waals surface area (Å²) in [7, 11) is 1.68. The fourth-order valence-electron chi connectivity index (χ4n) is 4.90. The Labute approximate surface area is 229 Å². The largest absolute Gasteiger partial charge is 0.481 e. The minimum absolute atomic E-state index is 0.396. The Morgan fingerprint density at radius 2 is 1.68 bits per heavy atom. The van der Waals surface area contributed by atoms with Crippen LogP contribution in [0.5, 0.6) is 0 Å². The summed E-state index contributed by atoms with van der Waals surface area (Å²) in [6.07, 6.45) is 1.22. The predicted octanol–water partition coefficient (Wildman–Crippen LogP) is 6.04. The molecule has 0 radical (unpaired) electrons. The number of carbonyl (C=O) groups excluding carboxylic acids is 1. The number of rotatable bonds is 8. The number of benzene rings is 3. The van der Waals surface area contributed by atoms with Crippen molar-refractivity contribution in [3.63, 3.8) is 0 Å². The van der Waals surface area contributed by atoms with Crippen LogP contribution in [0.4, 0.5) is 10.5 Å². The van der Waals surface area contributed by atoms with E-state index in [9.17, 15) is 14.7 Å². The molecule has 1 aliphatic carbocycles. The Balaban J connectivity index is 1.18. The summed E-state index contributed by atoms with van der Waals surface area (Å²) in [4.78, 5) is 28.8. The molecule has 0 spiro atoms. The van der Waals surface area contributed by atoms with Crippen molar-refractivity contribution >= 4 is 28.8 Å². The molecule has 5 aromatic rings. The molecule has 0 bridgehead atoms. The second-order valence-corrected chi connectivity index (χ2v) is 9.76. The van der Waals surface area contributed by atoms with Crippen molar-refractivity contribution in [3.8, 4) is 22.5 Å². The van der Waals surface area contributed by atoms with E-state index in [1.165, 1.54) is 6.39 Å². The lowest BCUT2D eigenvalue weighted by Gasteiger charge is -2.18. The Hall–Kier alpha value is -4.96. The van der Waals surface area contributed by atoms with Gasteiger partial charge in [0.15, 0.2) is 24.0 Å². The van der Waals surface area contributed by atoms with Gasteiger partial charge in [-0.05, 0) is 49.6 Å². The molecule has 1 atom stereocenters. The summed E-state index contributed by atoms with van der Waals surface area (Å²) in [5, 5.41) is 19.3. The fourth-order valence-corrected chi connectivity index (χ4v) is 4.90. The minimum atomic E-state index is -0.770. The second kappa shape index (κ2) is 9.97. The topological polar surface area (TPSA) is 140 Å².